The first kappa shape index (κ1) is 21.3. The van der Waals surface area contributed by atoms with E-state index in [0.717, 1.165) is 18.5 Å². The van der Waals surface area contributed by atoms with Crippen LogP contribution >= 0.6 is 11.6 Å². The quantitative estimate of drug-likeness (QED) is 0.500. The number of hydrogen-bond acceptors (Lipinski definition) is 5. The van der Waals surface area contributed by atoms with Gasteiger partial charge in [0.15, 0.2) is 5.52 Å². The first-order valence-electron chi connectivity index (χ1n) is 9.43. The summed E-state index contributed by atoms with van der Waals surface area (Å²) in [6.07, 6.45) is 2.26. The maximum atomic E-state index is 12.6. The van der Waals surface area contributed by atoms with E-state index in [1.54, 1.807) is 29.9 Å². The summed E-state index contributed by atoms with van der Waals surface area (Å²) >= 11 is 5.61. The van der Waals surface area contributed by atoms with Crippen molar-refractivity contribution in [1.82, 2.24) is 19.7 Å². The number of aromatic nitrogens is 4. The molecular formula is C19H24ClN5O3S. The van der Waals surface area contributed by atoms with Gasteiger partial charge < -0.3 is 4.98 Å². The monoisotopic (exact) mass is 437 g/mol. The van der Waals surface area contributed by atoms with Gasteiger partial charge in [0, 0.05) is 19.3 Å². The Balaban J connectivity index is 1.96. The smallest absolute Gasteiger partial charge is 0.277 e. The highest BCUT2D eigenvalue weighted by Crippen LogP contribution is 2.21. The van der Waals surface area contributed by atoms with Gasteiger partial charge in [-0.1, -0.05) is 31.5 Å². The van der Waals surface area contributed by atoms with E-state index in [1.807, 2.05) is 13.0 Å². The maximum Gasteiger partial charge on any atom is 0.277 e. The summed E-state index contributed by atoms with van der Waals surface area (Å²) in [6, 6.07) is 7.06. The molecule has 0 radical (unpaired) electrons. The van der Waals surface area contributed by atoms with E-state index in [-0.39, 0.29) is 23.6 Å². The topological polar surface area (TPSA) is 110 Å². The number of fused-ring (bicyclic) bond motifs is 1. The SMILES string of the molecule is CCCc1nn(C)c2c(=O)[nH]c(Cc3ccccc3NS(=O)(=O)CCCCl)nc12. The van der Waals surface area contributed by atoms with E-state index in [2.05, 4.69) is 19.8 Å². The fourth-order valence-corrected chi connectivity index (χ4v) is 4.65. The van der Waals surface area contributed by atoms with Crippen molar-refractivity contribution in [2.75, 3.05) is 16.4 Å². The number of nitrogens with one attached hydrogen (secondary N) is 2. The van der Waals surface area contributed by atoms with Crippen LogP contribution in [0.15, 0.2) is 29.1 Å². The van der Waals surface area contributed by atoms with E-state index >= 15 is 0 Å². The molecule has 8 nitrogen and oxygen atoms in total. The van der Waals surface area contributed by atoms with Crippen LogP contribution in [0.5, 0.6) is 0 Å². The van der Waals surface area contributed by atoms with Gasteiger partial charge in [-0.05, 0) is 24.5 Å². The minimum absolute atomic E-state index is 0.0536. The number of aromatic amines is 1. The van der Waals surface area contributed by atoms with Crippen LogP contribution in [0.1, 0.15) is 36.8 Å². The molecule has 0 bridgehead atoms. The molecule has 0 aliphatic carbocycles. The lowest BCUT2D eigenvalue weighted by Crippen LogP contribution is -2.19. The molecule has 0 amide bonds. The van der Waals surface area contributed by atoms with Crippen LogP contribution in [0.3, 0.4) is 0 Å². The zero-order valence-electron chi connectivity index (χ0n) is 16.4. The first-order valence-corrected chi connectivity index (χ1v) is 11.6. The highest BCUT2D eigenvalue weighted by Gasteiger charge is 2.17. The zero-order valence-corrected chi connectivity index (χ0v) is 18.0. The number of H-pyrrole nitrogens is 1. The Labute approximate surface area is 174 Å². The Morgan fingerprint density at radius 1 is 1.28 bits per heavy atom. The summed E-state index contributed by atoms with van der Waals surface area (Å²) in [4.78, 5) is 20.0. The number of aryl methyl sites for hydroxylation is 2. The summed E-state index contributed by atoms with van der Waals surface area (Å²) in [5.74, 6) is 0.682. The number of alkyl halides is 1. The highest BCUT2D eigenvalue weighted by atomic mass is 35.5. The molecule has 1 aromatic carbocycles. The highest BCUT2D eigenvalue weighted by molar-refractivity contribution is 7.92. The lowest BCUT2D eigenvalue weighted by atomic mass is 10.1. The molecule has 156 valence electrons. The number of benzene rings is 1. The summed E-state index contributed by atoms with van der Waals surface area (Å²) in [6.45, 7) is 2.04. The lowest BCUT2D eigenvalue weighted by Gasteiger charge is -2.12. The van der Waals surface area contributed by atoms with Gasteiger partial charge in [0.1, 0.15) is 11.3 Å². The van der Waals surface area contributed by atoms with Crippen molar-refractivity contribution in [3.05, 3.63) is 51.7 Å². The molecule has 0 aliphatic heterocycles. The standard InChI is InChI=1S/C19H24ClN5O3S/c1-3-7-15-17-18(25(2)23-15)19(26)22-16(21-17)12-13-8-4-5-9-14(13)24-29(27,28)11-6-10-20/h4-5,8-9,24H,3,6-7,10-12H2,1-2H3,(H,21,22,26). The minimum atomic E-state index is -3.51. The van der Waals surface area contributed by atoms with Gasteiger partial charge >= 0.3 is 0 Å². The van der Waals surface area contributed by atoms with Crippen LogP contribution in [-0.4, -0.2) is 39.8 Å². The lowest BCUT2D eigenvalue weighted by molar-refractivity contribution is 0.600. The Morgan fingerprint density at radius 3 is 2.76 bits per heavy atom. The van der Waals surface area contributed by atoms with E-state index in [1.165, 1.54) is 0 Å². The predicted molar refractivity (Wildman–Crippen MR) is 115 cm³/mol. The van der Waals surface area contributed by atoms with E-state index in [0.29, 0.717) is 34.5 Å². The van der Waals surface area contributed by atoms with Crippen LogP contribution in [0, 0.1) is 0 Å². The average Bonchev–Trinajstić information content (AvgIpc) is 2.98. The molecule has 10 heteroatoms. The molecule has 3 aromatic rings. The Bertz CT molecular complexity index is 1170. The molecule has 0 saturated heterocycles. The number of para-hydroxylation sites is 1. The second kappa shape index (κ2) is 8.96. The Morgan fingerprint density at radius 2 is 2.03 bits per heavy atom. The van der Waals surface area contributed by atoms with Crippen molar-refractivity contribution >= 4 is 38.3 Å². The first-order chi connectivity index (χ1) is 13.8. The van der Waals surface area contributed by atoms with E-state index < -0.39 is 10.0 Å². The Kier molecular flexibility index (Phi) is 6.59. The summed E-state index contributed by atoms with van der Waals surface area (Å²) in [7, 11) is -1.78. The minimum Gasteiger partial charge on any atom is -0.308 e. The maximum absolute atomic E-state index is 12.6. The second-order valence-electron chi connectivity index (χ2n) is 6.83. The molecule has 2 aromatic heterocycles. The molecule has 0 atom stereocenters. The molecule has 3 rings (SSSR count). The van der Waals surface area contributed by atoms with Crippen LogP contribution in [0.4, 0.5) is 5.69 Å². The van der Waals surface area contributed by atoms with Crippen molar-refractivity contribution < 1.29 is 8.42 Å². The zero-order chi connectivity index (χ0) is 21.0. The second-order valence-corrected chi connectivity index (χ2v) is 9.05. The fourth-order valence-electron chi connectivity index (χ4n) is 3.20. The van der Waals surface area contributed by atoms with Gasteiger partial charge in [-0.2, -0.15) is 5.10 Å². The van der Waals surface area contributed by atoms with Crippen molar-refractivity contribution in [3.8, 4) is 0 Å². The van der Waals surface area contributed by atoms with Gasteiger partial charge in [-0.15, -0.1) is 11.6 Å². The van der Waals surface area contributed by atoms with Crippen LogP contribution in [0.2, 0.25) is 0 Å². The molecule has 2 heterocycles. The van der Waals surface area contributed by atoms with Gasteiger partial charge in [-0.3, -0.25) is 14.2 Å². The molecule has 2 N–H and O–H groups in total. The number of rotatable bonds is 9. The van der Waals surface area contributed by atoms with Crippen molar-refractivity contribution in [2.45, 2.75) is 32.6 Å². The summed E-state index contributed by atoms with van der Waals surface area (Å²) < 4.78 is 28.7. The predicted octanol–water partition coefficient (Wildman–Crippen LogP) is 2.57. The molecular weight excluding hydrogens is 414 g/mol. The number of halogens is 1. The van der Waals surface area contributed by atoms with E-state index in [4.69, 9.17) is 11.6 Å². The van der Waals surface area contributed by atoms with Gasteiger partial charge in [0.2, 0.25) is 10.0 Å². The van der Waals surface area contributed by atoms with Gasteiger partial charge in [-0.25, -0.2) is 13.4 Å². The van der Waals surface area contributed by atoms with Crippen molar-refractivity contribution in [1.29, 1.82) is 0 Å². The number of hydrogen-bond donors (Lipinski definition) is 2. The van der Waals surface area contributed by atoms with Crippen LogP contribution in [-0.2, 0) is 29.9 Å². The molecule has 0 fully saturated rings. The van der Waals surface area contributed by atoms with Gasteiger partial charge in [0.25, 0.3) is 5.56 Å². The van der Waals surface area contributed by atoms with Gasteiger partial charge in [0.05, 0.1) is 17.1 Å². The largest absolute Gasteiger partial charge is 0.308 e. The molecule has 0 aliphatic rings. The molecule has 29 heavy (non-hydrogen) atoms. The van der Waals surface area contributed by atoms with E-state index in [9.17, 15) is 13.2 Å². The fraction of sp³-hybridized carbons (Fsp3) is 0.421. The summed E-state index contributed by atoms with van der Waals surface area (Å²) in [5.41, 5.74) is 2.73. The molecule has 0 spiro atoms. The third kappa shape index (κ3) is 4.97. The van der Waals surface area contributed by atoms with Crippen LogP contribution < -0.4 is 10.3 Å². The average molecular weight is 438 g/mol. The normalized spacial score (nSPS) is 11.8. The number of sulfonamides is 1. The van der Waals surface area contributed by atoms with Crippen molar-refractivity contribution in [2.24, 2.45) is 7.05 Å². The number of anilines is 1. The summed E-state index contributed by atoms with van der Waals surface area (Å²) in [5, 5.41) is 4.41. The third-order valence-electron chi connectivity index (χ3n) is 4.49. The van der Waals surface area contributed by atoms with Crippen LogP contribution in [0.25, 0.3) is 11.0 Å². The molecule has 0 unspecified atom stereocenters. The third-order valence-corrected chi connectivity index (χ3v) is 6.11. The molecule has 0 saturated carbocycles. The Hall–Kier alpha value is -2.39. The number of nitrogens with zero attached hydrogens (tertiary/aromatic N) is 3. The van der Waals surface area contributed by atoms with Crippen molar-refractivity contribution in [3.63, 3.8) is 0 Å².